The molecule has 36 heavy (non-hydrogen) atoms. The molecular weight excluding hydrogens is 508 g/mol. The molecule has 0 bridgehead atoms. The molecule has 1 aromatic carbocycles. The van der Waals surface area contributed by atoms with Crippen LogP contribution in [-0.2, 0) is 20.1 Å². The molecular formula is C22H26N6O6S2. The molecule has 3 aromatic rings. The number of carbonyl (C=O) groups excluding carboxylic acids is 1. The zero-order valence-electron chi connectivity index (χ0n) is 19.9. The van der Waals surface area contributed by atoms with Gasteiger partial charge in [0.15, 0.2) is 0 Å². The summed E-state index contributed by atoms with van der Waals surface area (Å²) in [5.74, 6) is 0.840. The van der Waals surface area contributed by atoms with E-state index in [1.165, 1.54) is 25.5 Å². The monoisotopic (exact) mass is 534 g/mol. The van der Waals surface area contributed by atoms with E-state index >= 15 is 0 Å². The Morgan fingerprint density at radius 1 is 1.22 bits per heavy atom. The number of hydrogen-bond donors (Lipinski definition) is 3. The molecule has 0 atom stereocenters. The zero-order chi connectivity index (χ0) is 25.9. The minimum absolute atomic E-state index is 0.0101. The summed E-state index contributed by atoms with van der Waals surface area (Å²) in [5.41, 5.74) is 1.39. The molecule has 0 aliphatic carbocycles. The lowest BCUT2D eigenvalue weighted by Gasteiger charge is -2.35. The van der Waals surface area contributed by atoms with Crippen LogP contribution in [0.1, 0.15) is 23.4 Å². The lowest BCUT2D eigenvalue weighted by molar-refractivity contribution is -0.0111. The molecule has 1 amide bonds. The molecule has 0 spiro atoms. The highest BCUT2D eigenvalue weighted by atomic mass is 32.2. The smallest absolute Gasteiger partial charge is 0.423 e. The maximum atomic E-state index is 12.2. The molecule has 2 aromatic heterocycles. The van der Waals surface area contributed by atoms with E-state index in [9.17, 15) is 18.3 Å². The number of nitrogens with zero attached hydrogens (tertiary/aromatic N) is 4. The van der Waals surface area contributed by atoms with E-state index in [0.29, 0.717) is 16.8 Å². The Morgan fingerprint density at radius 2 is 1.97 bits per heavy atom. The normalized spacial score (nSPS) is 15.8. The second kappa shape index (κ2) is 10.3. The molecule has 1 saturated heterocycles. The van der Waals surface area contributed by atoms with Gasteiger partial charge in [-0.15, -0.1) is 11.3 Å². The number of aromatic nitrogens is 3. The van der Waals surface area contributed by atoms with Crippen molar-refractivity contribution in [1.82, 2.24) is 24.6 Å². The molecule has 1 aliphatic rings. The number of anilines is 2. The Labute approximate surface area is 212 Å². The van der Waals surface area contributed by atoms with E-state index in [2.05, 4.69) is 29.8 Å². The maximum absolute atomic E-state index is 12.2. The van der Waals surface area contributed by atoms with Crippen molar-refractivity contribution in [2.45, 2.75) is 25.4 Å². The van der Waals surface area contributed by atoms with Crippen LogP contribution >= 0.6 is 11.3 Å². The topological polar surface area (TPSA) is 156 Å². The summed E-state index contributed by atoms with van der Waals surface area (Å²) in [5, 5.41) is 17.0. The number of nitrogens with one attached hydrogen (secondary N) is 2. The van der Waals surface area contributed by atoms with E-state index in [1.807, 2.05) is 25.1 Å². The van der Waals surface area contributed by atoms with Crippen LogP contribution < -0.4 is 15.4 Å². The number of methoxy groups -OCH3 is 1. The largest absolute Gasteiger partial charge is 0.481 e. The average molecular weight is 535 g/mol. The first-order chi connectivity index (χ1) is 17.1. The predicted octanol–water partition coefficient (Wildman–Crippen LogP) is 2.54. The summed E-state index contributed by atoms with van der Waals surface area (Å²) in [6, 6.07) is 7.55. The van der Waals surface area contributed by atoms with Crippen molar-refractivity contribution in [3.63, 3.8) is 0 Å². The quantitative estimate of drug-likeness (QED) is 0.412. The highest BCUT2D eigenvalue weighted by molar-refractivity contribution is 7.84. The van der Waals surface area contributed by atoms with E-state index < -0.39 is 22.0 Å². The fourth-order valence-corrected chi connectivity index (χ4v) is 5.81. The summed E-state index contributed by atoms with van der Waals surface area (Å²) < 4.78 is 35.1. The van der Waals surface area contributed by atoms with Gasteiger partial charge < -0.3 is 24.7 Å². The average Bonchev–Trinajstić information content (AvgIpc) is 3.35. The van der Waals surface area contributed by atoms with E-state index in [-0.39, 0.29) is 25.9 Å². The van der Waals surface area contributed by atoms with Crippen LogP contribution in [0.25, 0.3) is 10.4 Å². The first kappa shape index (κ1) is 25.8. The van der Waals surface area contributed by atoms with Gasteiger partial charge >= 0.3 is 16.4 Å². The molecule has 4 rings (SSSR count). The number of ether oxygens (including phenoxy) is 1. The molecule has 3 N–H and O–H groups in total. The van der Waals surface area contributed by atoms with Crippen LogP contribution in [0.3, 0.4) is 0 Å². The van der Waals surface area contributed by atoms with Gasteiger partial charge in [-0.05, 0) is 43.0 Å². The lowest BCUT2D eigenvalue weighted by Crippen LogP contribution is -2.46. The number of benzene rings is 1. The SMILES string of the molecule is CNC(=O)OS(=O)(=O)N1CCC(O)(c2ncc(-c3cc(C)cc(Nc4nccc(OC)n4)c3)s2)CC1. The second-order valence-electron chi connectivity index (χ2n) is 8.17. The summed E-state index contributed by atoms with van der Waals surface area (Å²) in [6.07, 6.45) is 2.46. The molecule has 0 saturated carbocycles. The van der Waals surface area contributed by atoms with Crippen LogP contribution in [-0.4, -0.2) is 66.1 Å². The van der Waals surface area contributed by atoms with Crippen molar-refractivity contribution in [2.75, 3.05) is 32.6 Å². The number of aryl methyl sites for hydroxylation is 1. The third-order valence-electron chi connectivity index (χ3n) is 5.61. The number of piperidine rings is 1. The molecule has 192 valence electrons. The number of aliphatic hydroxyl groups is 1. The Balaban J connectivity index is 1.49. The van der Waals surface area contributed by atoms with Crippen molar-refractivity contribution in [3.05, 3.63) is 47.2 Å². The number of carbonyl (C=O) groups is 1. The summed E-state index contributed by atoms with van der Waals surface area (Å²) in [6.45, 7) is 1.95. The fourth-order valence-electron chi connectivity index (χ4n) is 3.75. The highest BCUT2D eigenvalue weighted by Crippen LogP contribution is 2.39. The van der Waals surface area contributed by atoms with Gasteiger partial charge in [0, 0.05) is 44.3 Å². The van der Waals surface area contributed by atoms with Gasteiger partial charge in [0.1, 0.15) is 10.6 Å². The molecule has 12 nitrogen and oxygen atoms in total. The summed E-state index contributed by atoms with van der Waals surface area (Å²) >= 11 is 1.34. The predicted molar refractivity (Wildman–Crippen MR) is 133 cm³/mol. The van der Waals surface area contributed by atoms with Crippen molar-refractivity contribution < 1.29 is 27.2 Å². The summed E-state index contributed by atoms with van der Waals surface area (Å²) in [7, 11) is -1.43. The van der Waals surface area contributed by atoms with Gasteiger partial charge in [-0.2, -0.15) is 17.7 Å². The van der Waals surface area contributed by atoms with Crippen LogP contribution in [0.4, 0.5) is 16.4 Å². The standard InChI is InChI=1S/C22H26N6O6S2/c1-14-10-15(12-16(11-14)26-20-24-7-4-18(27-20)33-3)17-13-25-19(35-17)22(30)5-8-28(9-6-22)36(31,32)34-21(29)23-2/h4,7,10-13,30H,5-6,8-9H2,1-3H3,(H,23,29)(H,24,26,27). The minimum atomic E-state index is -4.24. The van der Waals surface area contributed by atoms with E-state index in [4.69, 9.17) is 4.74 Å². The lowest BCUT2D eigenvalue weighted by atomic mass is 9.93. The van der Waals surface area contributed by atoms with Crippen LogP contribution in [0.2, 0.25) is 0 Å². The van der Waals surface area contributed by atoms with Gasteiger partial charge in [-0.25, -0.2) is 14.8 Å². The molecule has 0 unspecified atom stereocenters. The molecule has 3 heterocycles. The zero-order valence-corrected chi connectivity index (χ0v) is 21.5. The van der Waals surface area contributed by atoms with Gasteiger partial charge in [0.25, 0.3) is 0 Å². The van der Waals surface area contributed by atoms with Gasteiger partial charge in [0.2, 0.25) is 11.8 Å². The number of rotatable bonds is 7. The number of thiazole rings is 1. The number of hydrogen-bond acceptors (Lipinski definition) is 11. The highest BCUT2D eigenvalue weighted by Gasteiger charge is 2.41. The van der Waals surface area contributed by atoms with Crippen LogP contribution in [0.15, 0.2) is 36.7 Å². The van der Waals surface area contributed by atoms with E-state index in [1.54, 1.807) is 18.5 Å². The Bertz CT molecular complexity index is 1350. The van der Waals surface area contributed by atoms with Crippen LogP contribution in [0, 0.1) is 6.92 Å². The van der Waals surface area contributed by atoms with Gasteiger partial charge in [-0.3, -0.25) is 0 Å². The Hall–Kier alpha value is -3.33. The Morgan fingerprint density at radius 3 is 2.67 bits per heavy atom. The van der Waals surface area contributed by atoms with E-state index in [0.717, 1.165) is 26.0 Å². The number of amides is 1. The first-order valence-electron chi connectivity index (χ1n) is 11.0. The third-order valence-corrected chi connectivity index (χ3v) is 8.21. The minimum Gasteiger partial charge on any atom is -0.481 e. The van der Waals surface area contributed by atoms with Crippen molar-refractivity contribution in [2.24, 2.45) is 0 Å². The van der Waals surface area contributed by atoms with Crippen molar-refractivity contribution in [1.29, 1.82) is 0 Å². The first-order valence-corrected chi connectivity index (χ1v) is 13.2. The fraction of sp³-hybridized carbons (Fsp3) is 0.364. The maximum Gasteiger partial charge on any atom is 0.423 e. The van der Waals surface area contributed by atoms with Gasteiger partial charge in [0.05, 0.1) is 12.0 Å². The van der Waals surface area contributed by atoms with Gasteiger partial charge in [-0.1, -0.05) is 6.07 Å². The third kappa shape index (κ3) is 5.73. The Kier molecular flexibility index (Phi) is 7.40. The summed E-state index contributed by atoms with van der Waals surface area (Å²) in [4.78, 5) is 25.1. The molecule has 1 aliphatic heterocycles. The second-order valence-corrected chi connectivity index (χ2v) is 10.7. The van der Waals surface area contributed by atoms with Crippen molar-refractivity contribution >= 4 is 39.4 Å². The van der Waals surface area contributed by atoms with Crippen molar-refractivity contribution in [3.8, 4) is 16.3 Å². The molecule has 14 heteroatoms. The van der Waals surface area contributed by atoms with Crippen LogP contribution in [0.5, 0.6) is 5.88 Å². The molecule has 1 fully saturated rings. The molecule has 0 radical (unpaired) electrons.